The maximum Gasteiger partial charge on any atom is 0.335 e. The van der Waals surface area contributed by atoms with Crippen molar-refractivity contribution in [2.24, 2.45) is 0 Å². The fourth-order valence-corrected chi connectivity index (χ4v) is 2.04. The van der Waals surface area contributed by atoms with E-state index in [1.54, 1.807) is 0 Å². The Labute approximate surface area is 95.1 Å². The molecule has 0 spiro atoms. The average molecular weight is 272 g/mol. The van der Waals surface area contributed by atoms with Crippen LogP contribution in [-0.4, -0.2) is 22.7 Å². The number of nitrogens with one attached hydrogen (secondary N) is 1. The van der Waals surface area contributed by atoms with Crippen molar-refractivity contribution in [3.8, 4) is 5.75 Å². The third kappa shape index (κ3) is 1.85. The Bertz CT molecular complexity index is 415. The highest BCUT2D eigenvalue weighted by molar-refractivity contribution is 9.10. The summed E-state index contributed by atoms with van der Waals surface area (Å²) in [7, 11) is 0. The average Bonchev–Trinajstić information content (AvgIpc) is 2.09. The van der Waals surface area contributed by atoms with Crippen LogP contribution in [0, 0.1) is 0 Å². The molecule has 0 amide bonds. The van der Waals surface area contributed by atoms with Crippen LogP contribution in [-0.2, 0) is 0 Å². The number of aromatic hydroxyl groups is 1. The smallest absolute Gasteiger partial charge is 0.335 e. The standard InChI is InChI=1S/C10H10BrNO3/c11-7-4-5(10(14)15)3-6(9(7)13)8-1-2-12-8/h3-4,8,12-13H,1-2H2,(H,14,15)/t8-/m1/s1. The lowest BCUT2D eigenvalue weighted by molar-refractivity contribution is 0.0696. The molecule has 0 aliphatic carbocycles. The summed E-state index contributed by atoms with van der Waals surface area (Å²) < 4.78 is 0.422. The van der Waals surface area contributed by atoms with Gasteiger partial charge in [0.1, 0.15) is 5.75 Å². The lowest BCUT2D eigenvalue weighted by atomic mass is 9.95. The largest absolute Gasteiger partial charge is 0.506 e. The highest BCUT2D eigenvalue weighted by Gasteiger charge is 2.24. The van der Waals surface area contributed by atoms with Crippen molar-refractivity contribution in [2.45, 2.75) is 12.5 Å². The van der Waals surface area contributed by atoms with E-state index in [1.165, 1.54) is 12.1 Å². The minimum Gasteiger partial charge on any atom is -0.506 e. The molecule has 0 radical (unpaired) electrons. The molecule has 15 heavy (non-hydrogen) atoms. The van der Waals surface area contributed by atoms with Crippen LogP contribution in [0.15, 0.2) is 16.6 Å². The number of phenols is 1. The SMILES string of the molecule is O=C(O)c1cc(Br)c(O)c([C@H]2CCN2)c1. The van der Waals surface area contributed by atoms with Gasteiger partial charge < -0.3 is 15.5 Å². The molecule has 1 saturated heterocycles. The molecule has 80 valence electrons. The summed E-state index contributed by atoms with van der Waals surface area (Å²) in [6.45, 7) is 0.902. The van der Waals surface area contributed by atoms with Gasteiger partial charge >= 0.3 is 5.97 Å². The van der Waals surface area contributed by atoms with Gasteiger partial charge in [-0.05, 0) is 41.0 Å². The van der Waals surface area contributed by atoms with Crippen molar-refractivity contribution in [1.82, 2.24) is 5.32 Å². The van der Waals surface area contributed by atoms with Crippen LogP contribution in [0.3, 0.4) is 0 Å². The van der Waals surface area contributed by atoms with E-state index < -0.39 is 5.97 Å². The molecule has 1 aliphatic rings. The number of rotatable bonds is 2. The first-order valence-corrected chi connectivity index (χ1v) is 5.38. The normalized spacial score (nSPS) is 19.7. The van der Waals surface area contributed by atoms with E-state index in [-0.39, 0.29) is 17.4 Å². The van der Waals surface area contributed by atoms with Crippen LogP contribution in [0.5, 0.6) is 5.75 Å². The molecule has 1 heterocycles. The number of carboxylic acids is 1. The third-order valence-electron chi connectivity index (χ3n) is 2.54. The molecule has 1 fully saturated rings. The fourth-order valence-electron chi connectivity index (χ4n) is 1.56. The number of benzene rings is 1. The molecule has 2 rings (SSSR count). The van der Waals surface area contributed by atoms with Crippen LogP contribution >= 0.6 is 15.9 Å². The van der Waals surface area contributed by atoms with E-state index >= 15 is 0 Å². The number of halogens is 1. The molecule has 0 unspecified atom stereocenters. The molecule has 1 atom stereocenters. The number of carboxylic acid groups (broad SMARTS) is 1. The van der Waals surface area contributed by atoms with Gasteiger partial charge in [0, 0.05) is 11.6 Å². The predicted molar refractivity (Wildman–Crippen MR) is 58.1 cm³/mol. The van der Waals surface area contributed by atoms with E-state index in [4.69, 9.17) is 5.11 Å². The predicted octanol–water partition coefficient (Wildman–Crippen LogP) is 1.89. The summed E-state index contributed by atoms with van der Waals surface area (Å²) >= 11 is 3.15. The molecule has 1 aromatic carbocycles. The van der Waals surface area contributed by atoms with Gasteiger partial charge in [0.25, 0.3) is 0 Å². The molecule has 3 N–H and O–H groups in total. The van der Waals surface area contributed by atoms with Gasteiger partial charge in [-0.25, -0.2) is 4.79 Å². The minimum atomic E-state index is -0.990. The summed E-state index contributed by atoms with van der Waals surface area (Å²) in [6, 6.07) is 2.99. The van der Waals surface area contributed by atoms with Gasteiger partial charge in [-0.3, -0.25) is 0 Å². The number of hydrogen-bond acceptors (Lipinski definition) is 3. The van der Waals surface area contributed by atoms with E-state index in [0.29, 0.717) is 10.0 Å². The van der Waals surface area contributed by atoms with Gasteiger partial charge in [0.15, 0.2) is 0 Å². The molecule has 1 aliphatic heterocycles. The van der Waals surface area contributed by atoms with Gasteiger partial charge in [0.2, 0.25) is 0 Å². The van der Waals surface area contributed by atoms with Crippen LogP contribution in [0.1, 0.15) is 28.4 Å². The number of aromatic carboxylic acids is 1. The first-order valence-electron chi connectivity index (χ1n) is 4.58. The molecule has 5 heteroatoms. The van der Waals surface area contributed by atoms with Crippen molar-refractivity contribution >= 4 is 21.9 Å². The molecular weight excluding hydrogens is 262 g/mol. The Morgan fingerprint density at radius 2 is 2.20 bits per heavy atom. The molecule has 0 saturated carbocycles. The number of phenolic OH excluding ortho intramolecular Hbond substituents is 1. The fraction of sp³-hybridized carbons (Fsp3) is 0.300. The summed E-state index contributed by atoms with van der Waals surface area (Å²) in [5.74, 6) is -0.867. The zero-order chi connectivity index (χ0) is 11.0. The van der Waals surface area contributed by atoms with E-state index in [2.05, 4.69) is 21.2 Å². The van der Waals surface area contributed by atoms with Gasteiger partial charge in [-0.1, -0.05) is 0 Å². The van der Waals surface area contributed by atoms with Crippen molar-refractivity contribution in [3.63, 3.8) is 0 Å². The quantitative estimate of drug-likeness (QED) is 0.769. The van der Waals surface area contributed by atoms with Crippen molar-refractivity contribution < 1.29 is 15.0 Å². The van der Waals surface area contributed by atoms with E-state index in [9.17, 15) is 9.90 Å². The number of hydrogen-bond donors (Lipinski definition) is 3. The molecule has 4 nitrogen and oxygen atoms in total. The van der Waals surface area contributed by atoms with E-state index in [1.807, 2.05) is 0 Å². The number of carbonyl (C=O) groups is 1. The molecule has 0 aromatic heterocycles. The maximum absolute atomic E-state index is 10.8. The summed E-state index contributed by atoms with van der Waals surface area (Å²) in [4.78, 5) is 10.8. The first-order chi connectivity index (χ1) is 7.09. The summed E-state index contributed by atoms with van der Waals surface area (Å²) in [5.41, 5.74) is 0.830. The van der Waals surface area contributed by atoms with Gasteiger partial charge in [0.05, 0.1) is 10.0 Å². The Hall–Kier alpha value is -1.07. The second-order valence-corrected chi connectivity index (χ2v) is 4.35. The zero-order valence-electron chi connectivity index (χ0n) is 7.83. The zero-order valence-corrected chi connectivity index (χ0v) is 9.41. The second-order valence-electron chi connectivity index (χ2n) is 3.50. The van der Waals surface area contributed by atoms with Gasteiger partial charge in [-0.15, -0.1) is 0 Å². The second kappa shape index (κ2) is 3.83. The highest BCUT2D eigenvalue weighted by atomic mass is 79.9. The lowest BCUT2D eigenvalue weighted by Gasteiger charge is -2.29. The first kappa shape index (κ1) is 10.4. The Balaban J connectivity index is 2.46. The van der Waals surface area contributed by atoms with Crippen LogP contribution < -0.4 is 5.32 Å². The summed E-state index contributed by atoms with van der Waals surface area (Å²) in [6.07, 6.45) is 0.920. The minimum absolute atomic E-state index is 0.0700. The molecule has 0 bridgehead atoms. The molecule has 1 aromatic rings. The Morgan fingerprint density at radius 1 is 1.53 bits per heavy atom. The van der Waals surface area contributed by atoms with Crippen molar-refractivity contribution in [1.29, 1.82) is 0 Å². The van der Waals surface area contributed by atoms with Crippen LogP contribution in [0.4, 0.5) is 0 Å². The monoisotopic (exact) mass is 271 g/mol. The summed E-state index contributed by atoms with van der Waals surface area (Å²) in [5, 5.41) is 21.8. The van der Waals surface area contributed by atoms with Crippen molar-refractivity contribution in [3.05, 3.63) is 27.7 Å². The lowest BCUT2D eigenvalue weighted by Crippen LogP contribution is -2.35. The van der Waals surface area contributed by atoms with E-state index in [0.717, 1.165) is 13.0 Å². The van der Waals surface area contributed by atoms with Crippen LogP contribution in [0.25, 0.3) is 0 Å². The Kier molecular flexibility index (Phi) is 2.67. The third-order valence-corrected chi connectivity index (χ3v) is 3.14. The topological polar surface area (TPSA) is 69.6 Å². The van der Waals surface area contributed by atoms with Crippen molar-refractivity contribution in [2.75, 3.05) is 6.54 Å². The maximum atomic E-state index is 10.8. The highest BCUT2D eigenvalue weighted by Crippen LogP contribution is 2.36. The van der Waals surface area contributed by atoms with Crippen LogP contribution in [0.2, 0.25) is 0 Å². The Morgan fingerprint density at radius 3 is 2.67 bits per heavy atom. The molecular formula is C10H10BrNO3. The van der Waals surface area contributed by atoms with Gasteiger partial charge in [-0.2, -0.15) is 0 Å².